The van der Waals surface area contributed by atoms with Gasteiger partial charge in [0.2, 0.25) is 0 Å². The fourth-order valence-corrected chi connectivity index (χ4v) is 5.17. The van der Waals surface area contributed by atoms with Crippen molar-refractivity contribution in [3.05, 3.63) is 69.7 Å². The molecule has 204 valence electrons. The van der Waals surface area contributed by atoms with Gasteiger partial charge < -0.3 is 9.47 Å². The summed E-state index contributed by atoms with van der Waals surface area (Å²) in [5.41, 5.74) is 2.43. The first-order chi connectivity index (χ1) is 17.7. The molecule has 6 nitrogen and oxygen atoms in total. The maximum atomic E-state index is 12.0. The van der Waals surface area contributed by atoms with Gasteiger partial charge in [-0.15, -0.1) is 0 Å². The fraction of sp³-hybridized carbons (Fsp3) is 0.552. The number of ether oxygens (including phenoxy) is 2. The standard InChI is InChI=1S/C29H41Cl2N3O3/c1-22(2)34(23(3)4)18-20-37-28(35)21-36-19-17-32-13-15-33(16-14-32)29(24-5-9-26(30)10-6-24)25-7-11-27(31)12-8-25/h5-12,22-23,29H,13-21H2,1-4H3. The van der Waals surface area contributed by atoms with Crippen molar-refractivity contribution in [2.75, 3.05) is 59.1 Å². The van der Waals surface area contributed by atoms with Crippen molar-refractivity contribution < 1.29 is 14.3 Å². The zero-order valence-electron chi connectivity index (χ0n) is 22.5. The van der Waals surface area contributed by atoms with Crippen LogP contribution in [0.4, 0.5) is 0 Å². The molecule has 0 unspecified atom stereocenters. The molecule has 0 aliphatic carbocycles. The van der Waals surface area contributed by atoms with Crippen LogP contribution in [0.25, 0.3) is 0 Å². The predicted molar refractivity (Wildman–Crippen MR) is 152 cm³/mol. The zero-order chi connectivity index (χ0) is 26.8. The largest absolute Gasteiger partial charge is 0.463 e. The molecule has 0 amide bonds. The van der Waals surface area contributed by atoms with Crippen molar-refractivity contribution in [2.45, 2.75) is 45.8 Å². The molecule has 0 spiro atoms. The molecule has 0 radical (unpaired) electrons. The van der Waals surface area contributed by atoms with Gasteiger partial charge in [-0.1, -0.05) is 47.5 Å². The average Bonchev–Trinajstić information content (AvgIpc) is 2.87. The van der Waals surface area contributed by atoms with E-state index in [4.69, 9.17) is 32.7 Å². The maximum Gasteiger partial charge on any atom is 0.332 e. The van der Waals surface area contributed by atoms with E-state index in [1.54, 1.807) is 0 Å². The number of hydrogen-bond acceptors (Lipinski definition) is 6. The van der Waals surface area contributed by atoms with Gasteiger partial charge in [0.05, 0.1) is 12.6 Å². The van der Waals surface area contributed by atoms with Crippen molar-refractivity contribution >= 4 is 29.2 Å². The Bertz CT molecular complexity index is 892. The lowest BCUT2D eigenvalue weighted by atomic mass is 9.96. The van der Waals surface area contributed by atoms with E-state index in [1.165, 1.54) is 11.1 Å². The second-order valence-corrected chi connectivity index (χ2v) is 11.0. The quantitative estimate of drug-likeness (QED) is 0.247. The third-order valence-corrected chi connectivity index (χ3v) is 7.36. The van der Waals surface area contributed by atoms with E-state index in [1.807, 2.05) is 24.3 Å². The minimum Gasteiger partial charge on any atom is -0.463 e. The maximum absolute atomic E-state index is 12.0. The molecule has 2 aromatic rings. The summed E-state index contributed by atoms with van der Waals surface area (Å²) in [5.74, 6) is -0.300. The second-order valence-electron chi connectivity index (χ2n) is 10.1. The number of carbonyl (C=O) groups excluding carboxylic acids is 1. The zero-order valence-corrected chi connectivity index (χ0v) is 24.0. The van der Waals surface area contributed by atoms with Crippen LogP contribution < -0.4 is 0 Å². The van der Waals surface area contributed by atoms with E-state index < -0.39 is 0 Å². The molecule has 0 saturated carbocycles. The first-order valence-electron chi connectivity index (χ1n) is 13.2. The first kappa shape index (κ1) is 29.9. The lowest BCUT2D eigenvalue weighted by Crippen LogP contribution is -2.48. The number of hydrogen-bond donors (Lipinski definition) is 0. The Morgan fingerprint density at radius 2 is 1.35 bits per heavy atom. The molecule has 3 rings (SSSR count). The van der Waals surface area contributed by atoms with Gasteiger partial charge in [0.1, 0.15) is 13.2 Å². The van der Waals surface area contributed by atoms with Gasteiger partial charge in [0.15, 0.2) is 0 Å². The third kappa shape index (κ3) is 9.54. The molecule has 0 aromatic heterocycles. The van der Waals surface area contributed by atoms with Gasteiger partial charge in [-0.05, 0) is 63.1 Å². The highest BCUT2D eigenvalue weighted by molar-refractivity contribution is 6.30. The van der Waals surface area contributed by atoms with Gasteiger partial charge in [-0.2, -0.15) is 0 Å². The van der Waals surface area contributed by atoms with Gasteiger partial charge in [-0.25, -0.2) is 4.79 Å². The molecule has 2 aromatic carbocycles. The Morgan fingerprint density at radius 3 is 1.84 bits per heavy atom. The summed E-state index contributed by atoms with van der Waals surface area (Å²) in [6, 6.07) is 17.2. The second kappa shape index (κ2) is 15.1. The molecule has 8 heteroatoms. The van der Waals surface area contributed by atoms with Gasteiger partial charge in [0, 0.05) is 61.4 Å². The fourth-order valence-electron chi connectivity index (χ4n) is 4.92. The van der Waals surface area contributed by atoms with Gasteiger partial charge in [0.25, 0.3) is 0 Å². The average molecular weight is 551 g/mol. The summed E-state index contributed by atoms with van der Waals surface area (Å²) in [4.78, 5) is 19.2. The highest BCUT2D eigenvalue weighted by Crippen LogP contribution is 2.31. The van der Waals surface area contributed by atoms with Crippen LogP contribution in [0.2, 0.25) is 10.0 Å². The number of benzene rings is 2. The normalized spacial score (nSPS) is 15.3. The molecular formula is C29H41Cl2N3O3. The minimum atomic E-state index is -0.300. The van der Waals surface area contributed by atoms with Crippen LogP contribution in [0.15, 0.2) is 48.5 Å². The van der Waals surface area contributed by atoms with Crippen molar-refractivity contribution in [2.24, 2.45) is 0 Å². The minimum absolute atomic E-state index is 0.00146. The molecule has 0 atom stereocenters. The van der Waals surface area contributed by atoms with Crippen LogP contribution in [-0.2, 0) is 14.3 Å². The molecular weight excluding hydrogens is 509 g/mol. The molecule has 1 aliphatic heterocycles. The van der Waals surface area contributed by atoms with E-state index in [2.05, 4.69) is 66.7 Å². The number of halogens is 2. The molecule has 1 saturated heterocycles. The number of piperazine rings is 1. The Kier molecular flexibility index (Phi) is 12.2. The lowest BCUT2D eigenvalue weighted by molar-refractivity contribution is -0.149. The third-order valence-electron chi connectivity index (χ3n) is 6.85. The first-order valence-corrected chi connectivity index (χ1v) is 14.0. The molecule has 1 fully saturated rings. The van der Waals surface area contributed by atoms with E-state index in [9.17, 15) is 4.79 Å². The van der Waals surface area contributed by atoms with E-state index in [0.717, 1.165) is 49.3 Å². The van der Waals surface area contributed by atoms with Crippen molar-refractivity contribution in [3.8, 4) is 0 Å². The molecule has 37 heavy (non-hydrogen) atoms. The summed E-state index contributed by atoms with van der Waals surface area (Å²) in [6.45, 7) is 14.8. The number of rotatable bonds is 13. The smallest absolute Gasteiger partial charge is 0.332 e. The van der Waals surface area contributed by atoms with E-state index in [-0.39, 0.29) is 18.6 Å². The van der Waals surface area contributed by atoms with E-state index in [0.29, 0.717) is 25.3 Å². The van der Waals surface area contributed by atoms with Crippen molar-refractivity contribution in [3.63, 3.8) is 0 Å². The van der Waals surface area contributed by atoms with Crippen LogP contribution >= 0.6 is 23.2 Å². The Morgan fingerprint density at radius 1 is 0.838 bits per heavy atom. The summed E-state index contributed by atoms with van der Waals surface area (Å²) in [5, 5.41) is 1.47. The van der Waals surface area contributed by atoms with Crippen LogP contribution in [0, 0.1) is 0 Å². The summed E-state index contributed by atoms with van der Waals surface area (Å²) in [7, 11) is 0. The van der Waals surface area contributed by atoms with Crippen LogP contribution in [0.5, 0.6) is 0 Å². The lowest BCUT2D eigenvalue weighted by Gasteiger charge is -2.39. The highest BCUT2D eigenvalue weighted by atomic mass is 35.5. The van der Waals surface area contributed by atoms with E-state index >= 15 is 0 Å². The molecule has 1 heterocycles. The monoisotopic (exact) mass is 549 g/mol. The van der Waals surface area contributed by atoms with Crippen LogP contribution in [0.3, 0.4) is 0 Å². The van der Waals surface area contributed by atoms with Gasteiger partial charge in [-0.3, -0.25) is 14.7 Å². The van der Waals surface area contributed by atoms with Crippen molar-refractivity contribution in [1.29, 1.82) is 0 Å². The Labute approximate surface area is 232 Å². The summed E-state index contributed by atoms with van der Waals surface area (Å²) in [6.07, 6.45) is 0. The summed E-state index contributed by atoms with van der Waals surface area (Å²) < 4.78 is 11.0. The number of esters is 1. The predicted octanol–water partition coefficient (Wildman–Crippen LogP) is 5.38. The Balaban J connectivity index is 1.41. The highest BCUT2D eigenvalue weighted by Gasteiger charge is 2.26. The molecule has 0 bridgehead atoms. The number of nitrogens with zero attached hydrogens (tertiary/aromatic N) is 3. The van der Waals surface area contributed by atoms with Gasteiger partial charge >= 0.3 is 5.97 Å². The number of carbonyl (C=O) groups is 1. The van der Waals surface area contributed by atoms with Crippen molar-refractivity contribution in [1.82, 2.24) is 14.7 Å². The topological polar surface area (TPSA) is 45.2 Å². The SMILES string of the molecule is CC(C)N(CCOC(=O)COCCN1CCN(C(c2ccc(Cl)cc2)c2ccc(Cl)cc2)CC1)C(C)C. The van der Waals surface area contributed by atoms with Crippen LogP contribution in [0.1, 0.15) is 44.9 Å². The Hall–Kier alpha value is -1.67. The molecule has 0 N–H and O–H groups in total. The molecule has 1 aliphatic rings. The van der Waals surface area contributed by atoms with Crippen LogP contribution in [-0.4, -0.2) is 91.8 Å². The summed E-state index contributed by atoms with van der Waals surface area (Å²) >= 11 is 12.3.